The van der Waals surface area contributed by atoms with Crippen molar-refractivity contribution < 1.29 is 22.6 Å². The third-order valence-electron chi connectivity index (χ3n) is 6.13. The molecule has 4 aromatic carbocycles. The summed E-state index contributed by atoms with van der Waals surface area (Å²) in [5.41, 5.74) is 4.63. The van der Waals surface area contributed by atoms with Crippen molar-refractivity contribution in [2.24, 2.45) is 0 Å². The highest BCUT2D eigenvalue weighted by Gasteiger charge is 2.50. The first-order chi connectivity index (χ1) is 16.2. The third kappa shape index (κ3) is 3.61. The number of benzene rings is 4. The second kappa shape index (κ2) is 7.94. The van der Waals surface area contributed by atoms with Gasteiger partial charge < -0.3 is 9.47 Å². The van der Waals surface area contributed by atoms with Crippen molar-refractivity contribution in [3.63, 3.8) is 0 Å². The van der Waals surface area contributed by atoms with Crippen molar-refractivity contribution in [3.05, 3.63) is 118 Å². The lowest BCUT2D eigenvalue weighted by molar-refractivity contribution is -0.144. The molecular weight excluding hydrogens is 437 g/mol. The Morgan fingerprint density at radius 2 is 1.12 bits per heavy atom. The van der Waals surface area contributed by atoms with Gasteiger partial charge in [-0.15, -0.1) is 0 Å². The summed E-state index contributed by atoms with van der Waals surface area (Å²) in [7, 11) is 0. The predicted octanol–water partition coefficient (Wildman–Crippen LogP) is 7.97. The number of hydrogen-bond acceptors (Lipinski definition) is 2. The summed E-state index contributed by atoms with van der Waals surface area (Å²) in [6.45, 7) is 5.52. The largest absolute Gasteiger partial charge is 0.444 e. The number of halogens is 3. The molecule has 1 aliphatic carbocycles. The highest BCUT2D eigenvalue weighted by Crippen LogP contribution is 2.52. The van der Waals surface area contributed by atoms with E-state index in [4.69, 9.17) is 9.47 Å². The minimum absolute atomic E-state index is 0.283. The minimum atomic E-state index is -4.58. The van der Waals surface area contributed by atoms with E-state index in [0.29, 0.717) is 22.4 Å². The topological polar surface area (TPSA) is 18.5 Å². The predicted molar refractivity (Wildman–Crippen MR) is 126 cm³/mol. The van der Waals surface area contributed by atoms with Crippen LogP contribution in [0.15, 0.2) is 84.9 Å². The summed E-state index contributed by atoms with van der Waals surface area (Å²) >= 11 is 0. The molecule has 0 bridgehead atoms. The monoisotopic (exact) mass is 460 g/mol. The number of alkyl halides is 3. The first kappa shape index (κ1) is 22.1. The van der Waals surface area contributed by atoms with E-state index in [1.54, 1.807) is 13.0 Å². The van der Waals surface area contributed by atoms with Crippen LogP contribution in [0.4, 0.5) is 13.2 Å². The summed E-state index contributed by atoms with van der Waals surface area (Å²) in [5.74, 6) is -1.34. The SMILES string of the molecule is Cc1ccc(OC2(Oc3ccc(C)cc3C(F)(F)F)c3ccccc3-c3ccccc32)c(C)c1. The Hall–Kier alpha value is -3.73. The summed E-state index contributed by atoms with van der Waals surface area (Å²) in [6, 6.07) is 24.9. The maximum atomic E-state index is 14.0. The highest BCUT2D eigenvalue weighted by atomic mass is 19.4. The Balaban J connectivity index is 1.77. The van der Waals surface area contributed by atoms with Crippen LogP contribution in [0.5, 0.6) is 11.5 Å². The van der Waals surface area contributed by atoms with Gasteiger partial charge in [-0.3, -0.25) is 0 Å². The smallest absolute Gasteiger partial charge is 0.419 e. The molecule has 4 aromatic rings. The lowest BCUT2D eigenvalue weighted by atomic mass is 10.0. The minimum Gasteiger partial charge on any atom is -0.444 e. The van der Waals surface area contributed by atoms with Crippen LogP contribution >= 0.6 is 0 Å². The molecule has 0 saturated carbocycles. The number of aryl methyl sites for hydroxylation is 3. The quantitative estimate of drug-likeness (QED) is 0.288. The van der Waals surface area contributed by atoms with E-state index >= 15 is 0 Å². The van der Waals surface area contributed by atoms with Gasteiger partial charge in [-0.1, -0.05) is 77.9 Å². The van der Waals surface area contributed by atoms with E-state index in [1.165, 1.54) is 6.07 Å². The van der Waals surface area contributed by atoms with E-state index in [1.807, 2.05) is 80.6 Å². The Morgan fingerprint density at radius 1 is 0.618 bits per heavy atom. The van der Waals surface area contributed by atoms with Crippen molar-refractivity contribution in [1.82, 2.24) is 0 Å². The molecule has 0 aliphatic heterocycles. The zero-order valence-corrected chi connectivity index (χ0v) is 19.0. The van der Waals surface area contributed by atoms with Crippen LogP contribution in [0.1, 0.15) is 33.4 Å². The van der Waals surface area contributed by atoms with E-state index in [-0.39, 0.29) is 5.75 Å². The molecule has 0 heterocycles. The molecular formula is C29H23F3O2. The molecule has 0 spiro atoms. The van der Waals surface area contributed by atoms with Crippen LogP contribution in [0, 0.1) is 20.8 Å². The van der Waals surface area contributed by atoms with Gasteiger partial charge in [0.1, 0.15) is 11.5 Å². The van der Waals surface area contributed by atoms with Crippen molar-refractivity contribution >= 4 is 0 Å². The summed E-state index contributed by atoms with van der Waals surface area (Å²) in [6.07, 6.45) is -4.58. The van der Waals surface area contributed by atoms with E-state index in [2.05, 4.69) is 0 Å². The second-order valence-electron chi connectivity index (χ2n) is 8.68. The molecule has 1 aliphatic rings. The maximum absolute atomic E-state index is 14.0. The molecule has 0 atom stereocenters. The molecule has 5 heteroatoms. The van der Waals surface area contributed by atoms with Gasteiger partial charge in [-0.25, -0.2) is 0 Å². The van der Waals surface area contributed by atoms with Crippen molar-refractivity contribution in [2.75, 3.05) is 0 Å². The summed E-state index contributed by atoms with van der Waals surface area (Å²) < 4.78 is 55.1. The van der Waals surface area contributed by atoms with Crippen molar-refractivity contribution in [1.29, 1.82) is 0 Å². The Morgan fingerprint density at radius 3 is 1.68 bits per heavy atom. The lowest BCUT2D eigenvalue weighted by Gasteiger charge is -2.34. The zero-order chi connectivity index (χ0) is 24.1. The van der Waals surface area contributed by atoms with Gasteiger partial charge in [0, 0.05) is 11.1 Å². The molecule has 2 nitrogen and oxygen atoms in total. The molecule has 0 amide bonds. The van der Waals surface area contributed by atoms with Gasteiger partial charge in [0.2, 0.25) is 0 Å². The van der Waals surface area contributed by atoms with Crippen LogP contribution in [-0.4, -0.2) is 0 Å². The molecule has 34 heavy (non-hydrogen) atoms. The zero-order valence-electron chi connectivity index (χ0n) is 19.0. The van der Waals surface area contributed by atoms with E-state index in [9.17, 15) is 13.2 Å². The standard InChI is InChI=1S/C29H23F3O2/c1-18-12-14-26(20(3)16-18)33-28(34-27-15-13-19(2)17-25(27)29(30,31)32)23-10-6-4-8-21(23)22-9-5-7-11-24(22)28/h4-17H,1-3H3. The van der Waals surface area contributed by atoms with Crippen LogP contribution in [0.2, 0.25) is 0 Å². The fraction of sp³-hybridized carbons (Fsp3) is 0.172. The fourth-order valence-corrected chi connectivity index (χ4v) is 4.57. The molecule has 0 saturated heterocycles. The van der Waals surface area contributed by atoms with Gasteiger partial charge >= 0.3 is 12.0 Å². The highest BCUT2D eigenvalue weighted by molar-refractivity contribution is 5.80. The Labute approximate surface area is 196 Å². The van der Waals surface area contributed by atoms with Gasteiger partial charge in [0.15, 0.2) is 0 Å². The van der Waals surface area contributed by atoms with Crippen molar-refractivity contribution in [3.8, 4) is 22.6 Å². The number of hydrogen-bond donors (Lipinski definition) is 0. The third-order valence-corrected chi connectivity index (χ3v) is 6.13. The van der Waals surface area contributed by atoms with Gasteiger partial charge in [-0.2, -0.15) is 13.2 Å². The molecule has 0 unspecified atom stereocenters. The maximum Gasteiger partial charge on any atom is 0.419 e. The summed E-state index contributed by atoms with van der Waals surface area (Å²) in [4.78, 5) is 0. The van der Waals surface area contributed by atoms with Gasteiger partial charge in [0.25, 0.3) is 0 Å². The lowest BCUT2D eigenvalue weighted by Crippen LogP contribution is -2.39. The summed E-state index contributed by atoms with van der Waals surface area (Å²) in [5, 5.41) is 0. The number of ether oxygens (including phenoxy) is 2. The first-order valence-corrected chi connectivity index (χ1v) is 11.0. The molecule has 0 N–H and O–H groups in total. The van der Waals surface area contributed by atoms with E-state index in [0.717, 1.165) is 28.3 Å². The molecule has 5 rings (SSSR count). The van der Waals surface area contributed by atoms with E-state index < -0.39 is 17.5 Å². The van der Waals surface area contributed by atoms with Crippen LogP contribution < -0.4 is 9.47 Å². The second-order valence-corrected chi connectivity index (χ2v) is 8.68. The van der Waals surface area contributed by atoms with Gasteiger partial charge in [-0.05, 0) is 55.7 Å². The molecule has 0 fully saturated rings. The average Bonchev–Trinajstić information content (AvgIpc) is 3.07. The molecule has 0 aromatic heterocycles. The van der Waals surface area contributed by atoms with Crippen LogP contribution in [0.3, 0.4) is 0 Å². The molecule has 172 valence electrons. The Kier molecular flexibility index (Phi) is 5.16. The fourth-order valence-electron chi connectivity index (χ4n) is 4.57. The first-order valence-electron chi connectivity index (χ1n) is 11.0. The normalized spacial score (nSPS) is 13.8. The van der Waals surface area contributed by atoms with Crippen LogP contribution in [0.25, 0.3) is 11.1 Å². The Bertz CT molecular complexity index is 1340. The van der Waals surface area contributed by atoms with Crippen molar-refractivity contribution in [2.45, 2.75) is 32.7 Å². The number of fused-ring (bicyclic) bond motifs is 3. The van der Waals surface area contributed by atoms with Gasteiger partial charge in [0.05, 0.1) is 5.56 Å². The average molecular weight is 460 g/mol. The van der Waals surface area contributed by atoms with Crippen LogP contribution in [-0.2, 0) is 12.0 Å². The number of rotatable bonds is 4. The molecule has 0 radical (unpaired) electrons.